The Morgan fingerprint density at radius 2 is 1.26 bits per heavy atom. The number of nitrogens with one attached hydrogen (secondary N) is 1. The van der Waals surface area contributed by atoms with Crippen LogP contribution in [-0.2, 0) is 11.3 Å². The number of aliphatic hydroxyl groups excluding tert-OH is 1. The van der Waals surface area contributed by atoms with Crippen molar-refractivity contribution >= 4 is 11.9 Å². The summed E-state index contributed by atoms with van der Waals surface area (Å²) in [5.74, 6) is -0.207. The Balaban J connectivity index is 1.63. The maximum Gasteiger partial charge on any atom is 0.246 e. The summed E-state index contributed by atoms with van der Waals surface area (Å²) in [5, 5.41) is 11.5. The molecule has 0 atom stereocenters. The molecule has 0 aliphatic carbocycles. The first-order valence-electron chi connectivity index (χ1n) is 11.3. The van der Waals surface area contributed by atoms with Gasteiger partial charge in [-0.25, -0.2) is 0 Å². The van der Waals surface area contributed by atoms with Crippen molar-refractivity contribution < 1.29 is 9.90 Å². The van der Waals surface area contributed by atoms with Gasteiger partial charge in [0.1, 0.15) is 6.54 Å². The first kappa shape index (κ1) is 23.0. The van der Waals surface area contributed by atoms with Crippen LogP contribution in [0.25, 0.3) is 33.6 Å². The predicted molar refractivity (Wildman–Crippen MR) is 137 cm³/mol. The minimum atomic E-state index is -0.263. The Bertz CT molecular complexity index is 1250. The lowest BCUT2D eigenvalue weighted by molar-refractivity contribution is -0.120. The fourth-order valence-corrected chi connectivity index (χ4v) is 3.85. The molecule has 0 spiro atoms. The summed E-state index contributed by atoms with van der Waals surface area (Å²) in [6.45, 7) is 0.477. The van der Waals surface area contributed by atoms with Crippen molar-refractivity contribution in [3.8, 4) is 33.6 Å². The van der Waals surface area contributed by atoms with Crippen LogP contribution in [0, 0.1) is 0 Å². The molecule has 0 unspecified atom stereocenters. The number of amides is 1. The second kappa shape index (κ2) is 11.1. The first-order chi connectivity index (χ1) is 16.7. The van der Waals surface area contributed by atoms with E-state index in [-0.39, 0.29) is 25.0 Å². The van der Waals surface area contributed by atoms with Crippen molar-refractivity contribution in [3.05, 3.63) is 97.1 Å². The van der Waals surface area contributed by atoms with Gasteiger partial charge >= 0.3 is 0 Å². The van der Waals surface area contributed by atoms with E-state index in [1.165, 1.54) is 0 Å². The average molecular weight is 453 g/mol. The number of carbonyl (C=O) groups is 1. The second-order valence-electron chi connectivity index (χ2n) is 7.89. The van der Waals surface area contributed by atoms with E-state index in [1.807, 2.05) is 65.2 Å². The molecule has 0 fully saturated rings. The number of carbonyl (C=O) groups excluding carboxylic acids is 1. The quantitative estimate of drug-likeness (QED) is 0.211. The molecule has 6 nitrogen and oxygen atoms in total. The highest BCUT2D eigenvalue weighted by molar-refractivity contribution is 5.96. The van der Waals surface area contributed by atoms with Crippen molar-refractivity contribution in [2.45, 2.75) is 13.0 Å². The number of hydrogen-bond acceptors (Lipinski definition) is 3. The molecular weight excluding hydrogens is 424 g/mol. The summed E-state index contributed by atoms with van der Waals surface area (Å²) in [5.41, 5.74) is 12.0. The number of guanidine groups is 1. The summed E-state index contributed by atoms with van der Waals surface area (Å²) in [4.78, 5) is 16.9. The number of aromatic nitrogens is 1. The number of hydrogen-bond donors (Lipinski definition) is 3. The lowest BCUT2D eigenvalue weighted by Gasteiger charge is -2.14. The molecule has 1 heterocycles. The highest BCUT2D eigenvalue weighted by atomic mass is 16.3. The molecule has 4 aromatic rings. The van der Waals surface area contributed by atoms with Crippen LogP contribution < -0.4 is 11.1 Å². The van der Waals surface area contributed by atoms with Gasteiger partial charge in [0.15, 0.2) is 5.96 Å². The smallest absolute Gasteiger partial charge is 0.246 e. The third kappa shape index (κ3) is 5.60. The van der Waals surface area contributed by atoms with Crippen molar-refractivity contribution in [2.24, 2.45) is 10.7 Å². The second-order valence-corrected chi connectivity index (χ2v) is 7.89. The van der Waals surface area contributed by atoms with Crippen LogP contribution in [0.3, 0.4) is 0 Å². The van der Waals surface area contributed by atoms with E-state index in [1.54, 1.807) is 0 Å². The normalized spacial score (nSPS) is 11.4. The summed E-state index contributed by atoms with van der Waals surface area (Å²) in [6.07, 6.45) is 0.495. The minimum Gasteiger partial charge on any atom is -0.396 e. The average Bonchev–Trinajstić information content (AvgIpc) is 3.28. The molecule has 0 radical (unpaired) electrons. The van der Waals surface area contributed by atoms with Gasteiger partial charge in [-0.1, -0.05) is 84.9 Å². The highest BCUT2D eigenvalue weighted by Gasteiger charge is 2.15. The fraction of sp³-hybridized carbons (Fsp3) is 0.143. The molecule has 0 saturated heterocycles. The summed E-state index contributed by atoms with van der Waals surface area (Å²) < 4.78 is 1.99. The maximum absolute atomic E-state index is 12.8. The van der Waals surface area contributed by atoms with Gasteiger partial charge in [0.05, 0.1) is 0 Å². The van der Waals surface area contributed by atoms with E-state index in [2.05, 4.69) is 46.7 Å². The van der Waals surface area contributed by atoms with Crippen LogP contribution in [0.5, 0.6) is 0 Å². The van der Waals surface area contributed by atoms with Crippen molar-refractivity contribution in [1.82, 2.24) is 9.88 Å². The van der Waals surface area contributed by atoms with Gasteiger partial charge in [0.2, 0.25) is 5.91 Å². The number of aliphatic hydroxyl groups is 1. The number of aliphatic imine (C=N–C) groups is 1. The summed E-state index contributed by atoms with van der Waals surface area (Å²) >= 11 is 0. The number of rotatable bonds is 8. The highest BCUT2D eigenvalue weighted by Crippen LogP contribution is 2.30. The van der Waals surface area contributed by atoms with E-state index >= 15 is 0 Å². The van der Waals surface area contributed by atoms with Crippen LogP contribution in [-0.4, -0.2) is 34.7 Å². The van der Waals surface area contributed by atoms with E-state index < -0.39 is 0 Å². The Labute approximate surface area is 199 Å². The number of nitrogens with zero attached hydrogens (tertiary/aromatic N) is 2. The Kier molecular flexibility index (Phi) is 7.53. The van der Waals surface area contributed by atoms with Gasteiger partial charge in [0.25, 0.3) is 0 Å². The topological polar surface area (TPSA) is 92.6 Å². The van der Waals surface area contributed by atoms with Crippen molar-refractivity contribution in [2.75, 3.05) is 13.2 Å². The Morgan fingerprint density at radius 1 is 0.765 bits per heavy atom. The predicted octanol–water partition coefficient (Wildman–Crippen LogP) is 4.30. The molecule has 4 N–H and O–H groups in total. The number of nitrogens with two attached hydrogens (primary N) is 1. The third-order valence-corrected chi connectivity index (χ3v) is 5.51. The molecule has 0 bridgehead atoms. The van der Waals surface area contributed by atoms with Gasteiger partial charge < -0.3 is 15.4 Å². The molecule has 34 heavy (non-hydrogen) atoms. The molecule has 6 heteroatoms. The van der Waals surface area contributed by atoms with Gasteiger partial charge in [0, 0.05) is 24.5 Å². The Morgan fingerprint density at radius 3 is 1.85 bits per heavy atom. The monoisotopic (exact) mass is 452 g/mol. The van der Waals surface area contributed by atoms with Crippen LogP contribution in [0.1, 0.15) is 6.42 Å². The molecule has 1 aromatic heterocycles. The van der Waals surface area contributed by atoms with Crippen LogP contribution >= 0.6 is 0 Å². The van der Waals surface area contributed by atoms with Crippen LogP contribution in [0.2, 0.25) is 0 Å². The third-order valence-electron chi connectivity index (χ3n) is 5.51. The molecular formula is C28H28N4O2. The molecule has 0 aliphatic rings. The molecule has 0 aliphatic heterocycles. The number of benzene rings is 3. The standard InChI is InChI=1S/C28H28N4O2/c29-28(30-18-7-19-33)31-27(34)20-32-25(23-10-5-2-6-11-23)16-17-26(32)24-14-12-22(13-15-24)21-8-3-1-4-9-21/h1-6,8-17,33H,7,18-20H2,(H3,29,30,31,34). The Hall–Kier alpha value is -4.16. The van der Waals surface area contributed by atoms with E-state index in [9.17, 15) is 4.79 Å². The zero-order valence-corrected chi connectivity index (χ0v) is 18.9. The van der Waals surface area contributed by atoms with Gasteiger partial charge in [-0.05, 0) is 40.8 Å². The molecule has 4 rings (SSSR count). The van der Waals surface area contributed by atoms with Crippen molar-refractivity contribution in [1.29, 1.82) is 0 Å². The first-order valence-corrected chi connectivity index (χ1v) is 11.3. The molecule has 3 aromatic carbocycles. The molecule has 172 valence electrons. The van der Waals surface area contributed by atoms with Gasteiger partial charge in [-0.3, -0.25) is 15.1 Å². The van der Waals surface area contributed by atoms with Crippen molar-refractivity contribution in [3.63, 3.8) is 0 Å². The molecule has 0 saturated carbocycles. The van der Waals surface area contributed by atoms with Gasteiger partial charge in [-0.2, -0.15) is 0 Å². The maximum atomic E-state index is 12.8. The summed E-state index contributed by atoms with van der Waals surface area (Å²) in [6, 6.07) is 32.6. The minimum absolute atomic E-state index is 0.0287. The zero-order chi connectivity index (χ0) is 23.8. The molecule has 1 amide bonds. The fourth-order valence-electron chi connectivity index (χ4n) is 3.85. The summed E-state index contributed by atoms with van der Waals surface area (Å²) in [7, 11) is 0. The lowest BCUT2D eigenvalue weighted by Crippen LogP contribution is -2.39. The van der Waals surface area contributed by atoms with E-state index in [0.29, 0.717) is 13.0 Å². The lowest BCUT2D eigenvalue weighted by atomic mass is 10.0. The van der Waals surface area contributed by atoms with E-state index in [4.69, 9.17) is 10.8 Å². The van der Waals surface area contributed by atoms with Crippen LogP contribution in [0.4, 0.5) is 0 Å². The largest absolute Gasteiger partial charge is 0.396 e. The van der Waals surface area contributed by atoms with E-state index in [0.717, 1.165) is 33.6 Å². The zero-order valence-electron chi connectivity index (χ0n) is 18.9. The van der Waals surface area contributed by atoms with Gasteiger partial charge in [-0.15, -0.1) is 0 Å². The SMILES string of the molecule is NC(=NCCCO)NC(=O)Cn1c(-c2ccccc2)ccc1-c1ccc(-c2ccccc2)cc1. The van der Waals surface area contributed by atoms with Crippen LogP contribution in [0.15, 0.2) is 102 Å².